The van der Waals surface area contributed by atoms with Gasteiger partial charge in [0.15, 0.2) is 0 Å². The summed E-state index contributed by atoms with van der Waals surface area (Å²) in [5.74, 6) is 1.24. The highest BCUT2D eigenvalue weighted by Crippen LogP contribution is 2.34. The fraction of sp³-hybridized carbons (Fsp3) is 0.571. The van der Waals surface area contributed by atoms with Gasteiger partial charge in [-0.3, -0.25) is 0 Å². The molecule has 3 unspecified atom stereocenters. The van der Waals surface area contributed by atoms with Crippen LogP contribution in [0.4, 0.5) is 0 Å². The SMILES string of the molecule is Cc1ccc(C(C)NC2CC2C)c(O)c1C. The number of rotatable bonds is 3. The molecule has 2 heteroatoms. The standard InChI is InChI=1S/C14H21NO/c1-8-5-6-12(14(16)10(8)3)11(4)15-13-7-9(13)2/h5-6,9,11,13,15-16H,7H2,1-4H3. The quantitative estimate of drug-likeness (QED) is 0.819. The molecule has 1 aromatic carbocycles. The van der Waals surface area contributed by atoms with E-state index in [1.54, 1.807) is 0 Å². The van der Waals surface area contributed by atoms with Crippen LogP contribution in [0.5, 0.6) is 5.75 Å². The van der Waals surface area contributed by atoms with Crippen LogP contribution in [0.15, 0.2) is 12.1 Å². The monoisotopic (exact) mass is 219 g/mol. The van der Waals surface area contributed by atoms with Gasteiger partial charge >= 0.3 is 0 Å². The van der Waals surface area contributed by atoms with E-state index in [4.69, 9.17) is 0 Å². The molecular formula is C14H21NO. The second-order valence-corrected chi connectivity index (χ2v) is 5.15. The highest BCUT2D eigenvalue weighted by atomic mass is 16.3. The fourth-order valence-electron chi connectivity index (χ4n) is 2.14. The van der Waals surface area contributed by atoms with Crippen molar-refractivity contribution in [1.29, 1.82) is 0 Å². The lowest BCUT2D eigenvalue weighted by Crippen LogP contribution is -2.22. The molecule has 1 fully saturated rings. The van der Waals surface area contributed by atoms with Crippen LogP contribution in [0.1, 0.15) is 43.0 Å². The molecule has 0 bridgehead atoms. The number of phenolic OH excluding ortho intramolecular Hbond substituents is 1. The molecule has 2 rings (SSSR count). The molecule has 0 heterocycles. The number of hydrogen-bond acceptors (Lipinski definition) is 2. The van der Waals surface area contributed by atoms with Crippen LogP contribution in [0.2, 0.25) is 0 Å². The molecule has 1 saturated carbocycles. The number of hydrogen-bond donors (Lipinski definition) is 2. The lowest BCUT2D eigenvalue weighted by molar-refractivity contribution is 0.446. The Hall–Kier alpha value is -1.02. The molecule has 0 radical (unpaired) electrons. The smallest absolute Gasteiger partial charge is 0.123 e. The second kappa shape index (κ2) is 4.10. The highest BCUT2D eigenvalue weighted by molar-refractivity contribution is 5.45. The number of aryl methyl sites for hydroxylation is 1. The van der Waals surface area contributed by atoms with E-state index in [1.165, 1.54) is 6.42 Å². The van der Waals surface area contributed by atoms with Gasteiger partial charge in [-0.15, -0.1) is 0 Å². The van der Waals surface area contributed by atoms with Crippen LogP contribution in [-0.4, -0.2) is 11.1 Å². The Morgan fingerprint density at radius 2 is 2.00 bits per heavy atom. The van der Waals surface area contributed by atoms with E-state index in [9.17, 15) is 5.11 Å². The maximum absolute atomic E-state index is 10.1. The van der Waals surface area contributed by atoms with Gasteiger partial charge in [0.05, 0.1) is 0 Å². The predicted molar refractivity (Wildman–Crippen MR) is 66.7 cm³/mol. The third-order valence-electron chi connectivity index (χ3n) is 3.77. The molecular weight excluding hydrogens is 198 g/mol. The third-order valence-corrected chi connectivity index (χ3v) is 3.77. The molecule has 1 aromatic rings. The topological polar surface area (TPSA) is 32.3 Å². The van der Waals surface area contributed by atoms with Crippen molar-refractivity contribution < 1.29 is 5.11 Å². The van der Waals surface area contributed by atoms with Crippen LogP contribution >= 0.6 is 0 Å². The molecule has 0 saturated heterocycles. The Balaban J connectivity index is 2.16. The fourth-order valence-corrected chi connectivity index (χ4v) is 2.14. The van der Waals surface area contributed by atoms with Gasteiger partial charge in [-0.2, -0.15) is 0 Å². The summed E-state index contributed by atoms with van der Waals surface area (Å²) in [6, 6.07) is 4.98. The van der Waals surface area contributed by atoms with Crippen LogP contribution in [0.3, 0.4) is 0 Å². The van der Waals surface area contributed by atoms with E-state index >= 15 is 0 Å². The summed E-state index contributed by atoms with van der Waals surface area (Å²) in [5.41, 5.74) is 3.16. The maximum Gasteiger partial charge on any atom is 0.123 e. The Bertz CT molecular complexity index is 400. The van der Waals surface area contributed by atoms with Crippen LogP contribution in [0.25, 0.3) is 0 Å². The van der Waals surface area contributed by atoms with Gasteiger partial charge in [0.2, 0.25) is 0 Å². The van der Waals surface area contributed by atoms with Crippen molar-refractivity contribution in [3.05, 3.63) is 28.8 Å². The summed E-state index contributed by atoms with van der Waals surface area (Å²) in [7, 11) is 0. The average Bonchev–Trinajstić information content (AvgIpc) is 2.90. The van der Waals surface area contributed by atoms with E-state index in [0.29, 0.717) is 11.8 Å². The molecule has 2 nitrogen and oxygen atoms in total. The molecule has 0 amide bonds. The highest BCUT2D eigenvalue weighted by Gasteiger charge is 2.33. The summed E-state index contributed by atoms with van der Waals surface area (Å²) in [4.78, 5) is 0. The van der Waals surface area contributed by atoms with Crippen molar-refractivity contribution in [2.75, 3.05) is 0 Å². The molecule has 1 aliphatic carbocycles. The summed E-state index contributed by atoms with van der Waals surface area (Å²) < 4.78 is 0. The van der Waals surface area contributed by atoms with E-state index in [2.05, 4.69) is 25.2 Å². The van der Waals surface area contributed by atoms with Gasteiger partial charge in [0, 0.05) is 17.6 Å². The summed E-state index contributed by atoms with van der Waals surface area (Å²) in [6.45, 7) is 8.38. The molecule has 0 aliphatic heterocycles. The molecule has 0 aromatic heterocycles. The largest absolute Gasteiger partial charge is 0.507 e. The molecule has 88 valence electrons. The van der Waals surface area contributed by atoms with Gasteiger partial charge in [-0.05, 0) is 44.2 Å². The Morgan fingerprint density at radius 1 is 1.38 bits per heavy atom. The Morgan fingerprint density at radius 3 is 2.56 bits per heavy atom. The minimum atomic E-state index is 0.231. The van der Waals surface area contributed by atoms with Crippen molar-refractivity contribution >= 4 is 0 Å². The molecule has 3 atom stereocenters. The number of nitrogens with one attached hydrogen (secondary N) is 1. The van der Waals surface area contributed by atoms with Crippen LogP contribution < -0.4 is 5.32 Å². The van der Waals surface area contributed by atoms with E-state index in [1.807, 2.05) is 19.9 Å². The first-order chi connectivity index (χ1) is 7.50. The van der Waals surface area contributed by atoms with Gasteiger partial charge in [0.25, 0.3) is 0 Å². The van der Waals surface area contributed by atoms with Crippen molar-refractivity contribution in [3.8, 4) is 5.75 Å². The average molecular weight is 219 g/mol. The first-order valence-corrected chi connectivity index (χ1v) is 6.05. The lowest BCUT2D eigenvalue weighted by atomic mass is 10.00. The van der Waals surface area contributed by atoms with E-state index in [0.717, 1.165) is 22.6 Å². The number of aromatic hydroxyl groups is 1. The number of benzene rings is 1. The Kier molecular flexibility index (Phi) is 2.94. The van der Waals surface area contributed by atoms with Crippen molar-refractivity contribution in [2.45, 2.75) is 46.2 Å². The van der Waals surface area contributed by atoms with Crippen LogP contribution in [0, 0.1) is 19.8 Å². The van der Waals surface area contributed by atoms with Crippen molar-refractivity contribution in [2.24, 2.45) is 5.92 Å². The van der Waals surface area contributed by atoms with Crippen molar-refractivity contribution in [1.82, 2.24) is 5.32 Å². The van der Waals surface area contributed by atoms with Gasteiger partial charge in [0.1, 0.15) is 5.75 Å². The molecule has 16 heavy (non-hydrogen) atoms. The minimum Gasteiger partial charge on any atom is -0.507 e. The van der Waals surface area contributed by atoms with Gasteiger partial charge in [-0.1, -0.05) is 19.1 Å². The molecule has 2 N–H and O–H groups in total. The summed E-state index contributed by atoms with van der Waals surface area (Å²) >= 11 is 0. The first kappa shape index (κ1) is 11.5. The zero-order valence-corrected chi connectivity index (χ0v) is 10.5. The minimum absolute atomic E-state index is 0.231. The Labute approximate surface area is 97.7 Å². The van der Waals surface area contributed by atoms with Crippen LogP contribution in [-0.2, 0) is 0 Å². The predicted octanol–water partition coefficient (Wildman–Crippen LogP) is 3.07. The summed E-state index contributed by atoms with van der Waals surface area (Å²) in [6.07, 6.45) is 1.26. The third kappa shape index (κ3) is 2.07. The lowest BCUT2D eigenvalue weighted by Gasteiger charge is -2.17. The number of phenols is 1. The van der Waals surface area contributed by atoms with E-state index in [-0.39, 0.29) is 6.04 Å². The normalized spacial score (nSPS) is 25.5. The van der Waals surface area contributed by atoms with E-state index < -0.39 is 0 Å². The van der Waals surface area contributed by atoms with Gasteiger partial charge < -0.3 is 10.4 Å². The first-order valence-electron chi connectivity index (χ1n) is 6.05. The van der Waals surface area contributed by atoms with Crippen molar-refractivity contribution in [3.63, 3.8) is 0 Å². The molecule has 1 aliphatic rings. The molecule has 0 spiro atoms. The second-order valence-electron chi connectivity index (χ2n) is 5.15. The summed E-state index contributed by atoms with van der Waals surface area (Å²) in [5, 5.41) is 13.7. The van der Waals surface area contributed by atoms with Gasteiger partial charge in [-0.25, -0.2) is 0 Å². The zero-order valence-electron chi connectivity index (χ0n) is 10.5. The maximum atomic E-state index is 10.1. The zero-order chi connectivity index (χ0) is 11.9.